The van der Waals surface area contributed by atoms with E-state index in [0.717, 1.165) is 27.0 Å². The summed E-state index contributed by atoms with van der Waals surface area (Å²) in [5.74, 6) is 6.25. The Bertz CT molecular complexity index is 1570. The second-order valence-corrected chi connectivity index (χ2v) is 10.5. The Hall–Kier alpha value is -4.56. The number of rotatable bonds is 5. The molecule has 0 atom stereocenters. The molecule has 0 aliphatic carbocycles. The lowest BCUT2D eigenvalue weighted by Crippen LogP contribution is -2.43. The third kappa shape index (κ3) is 5.81. The largest absolute Gasteiger partial charge is 0.481 e. The minimum absolute atomic E-state index is 0.313. The number of fused-ring (bicyclic) bond motifs is 1. The highest BCUT2D eigenvalue weighted by Gasteiger charge is 2.37. The van der Waals surface area contributed by atoms with Crippen LogP contribution in [-0.2, 0) is 4.79 Å². The number of hydrogen-bond donors (Lipinski definition) is 3. The first-order valence-electron chi connectivity index (χ1n) is 12.6. The zero-order chi connectivity index (χ0) is 27.4. The Balaban J connectivity index is 1.45. The van der Waals surface area contributed by atoms with Crippen LogP contribution in [0.25, 0.3) is 21.3 Å². The summed E-state index contributed by atoms with van der Waals surface area (Å²) in [6.07, 6.45) is 7.99. The van der Waals surface area contributed by atoms with Gasteiger partial charge >= 0.3 is 12.0 Å². The number of anilines is 2. The predicted molar refractivity (Wildman–Crippen MR) is 151 cm³/mol. The average molecular weight is 542 g/mol. The van der Waals surface area contributed by atoms with Crippen LogP contribution in [0, 0.1) is 17.3 Å². The lowest BCUT2D eigenvalue weighted by Gasteiger charge is -2.36. The summed E-state index contributed by atoms with van der Waals surface area (Å²) in [6.45, 7) is 5.32. The van der Waals surface area contributed by atoms with Crippen molar-refractivity contribution in [1.82, 2.24) is 25.3 Å². The first-order chi connectivity index (χ1) is 18.8. The van der Waals surface area contributed by atoms with Crippen molar-refractivity contribution in [2.45, 2.75) is 26.7 Å². The number of aliphatic carboxylic acids is 1. The zero-order valence-corrected chi connectivity index (χ0v) is 22.4. The van der Waals surface area contributed by atoms with Crippen LogP contribution >= 0.6 is 11.3 Å². The van der Waals surface area contributed by atoms with Gasteiger partial charge in [0.2, 0.25) is 5.95 Å². The first kappa shape index (κ1) is 26.1. The summed E-state index contributed by atoms with van der Waals surface area (Å²) < 4.78 is 0.861. The van der Waals surface area contributed by atoms with Crippen LogP contribution in [0.1, 0.15) is 37.8 Å². The Labute approximate surface area is 229 Å². The molecule has 198 valence electrons. The number of hydrogen-bond acceptors (Lipinski definition) is 8. The van der Waals surface area contributed by atoms with Gasteiger partial charge in [-0.15, -0.1) is 0 Å². The molecule has 39 heavy (non-hydrogen) atoms. The van der Waals surface area contributed by atoms with E-state index < -0.39 is 11.4 Å². The van der Waals surface area contributed by atoms with E-state index in [-0.39, 0.29) is 6.03 Å². The Kier molecular flexibility index (Phi) is 7.38. The van der Waals surface area contributed by atoms with E-state index in [0.29, 0.717) is 49.1 Å². The van der Waals surface area contributed by atoms with Gasteiger partial charge in [0.15, 0.2) is 5.13 Å². The van der Waals surface area contributed by atoms with E-state index in [1.54, 1.807) is 31.7 Å². The molecule has 0 unspecified atom stereocenters. The van der Waals surface area contributed by atoms with Crippen LogP contribution in [0.4, 0.5) is 15.9 Å². The molecular weight excluding hydrogens is 514 g/mol. The van der Waals surface area contributed by atoms with Crippen LogP contribution in [0.2, 0.25) is 0 Å². The molecule has 0 radical (unpaired) electrons. The molecule has 5 rings (SSSR count). The van der Waals surface area contributed by atoms with Gasteiger partial charge in [0.05, 0.1) is 15.6 Å². The SMILES string of the molecule is CCNC(=O)Nc1nc2cc(-c3cnc(N4CCC(C)(C(=O)O)CC4)nc3)cc(C#Cc3ccncc3)c2s1. The van der Waals surface area contributed by atoms with Crippen molar-refractivity contribution in [3.05, 3.63) is 60.2 Å². The molecule has 3 aromatic heterocycles. The summed E-state index contributed by atoms with van der Waals surface area (Å²) in [4.78, 5) is 43.5. The lowest BCUT2D eigenvalue weighted by molar-refractivity contribution is -0.149. The number of nitrogens with zero attached hydrogens (tertiary/aromatic N) is 5. The molecule has 2 amide bonds. The van der Waals surface area contributed by atoms with Gasteiger partial charge in [-0.25, -0.2) is 19.7 Å². The molecule has 4 heterocycles. The van der Waals surface area contributed by atoms with Crippen LogP contribution in [0.5, 0.6) is 0 Å². The highest BCUT2D eigenvalue weighted by Crippen LogP contribution is 2.35. The van der Waals surface area contributed by atoms with Crippen LogP contribution in [-0.4, -0.2) is 56.7 Å². The number of carboxylic acid groups (broad SMARTS) is 1. The molecular formula is C28H27N7O3S. The minimum Gasteiger partial charge on any atom is -0.481 e. The molecule has 1 fully saturated rings. The Morgan fingerprint density at radius 2 is 1.82 bits per heavy atom. The summed E-state index contributed by atoms with van der Waals surface area (Å²) >= 11 is 1.36. The number of thiazole rings is 1. The second-order valence-electron chi connectivity index (χ2n) is 9.49. The molecule has 4 aromatic rings. The standard InChI is InChI=1S/C28H27N7O3S/c1-3-30-26(38)34-27-33-22-15-20(14-19(23(22)39-27)5-4-18-6-10-29-11-7-18)21-16-31-25(32-17-21)35-12-8-28(2,9-13-35)24(36)37/h6-7,10-11,14-17H,3,8-9,12-13H2,1-2H3,(H,36,37)(H2,30,33,34,38). The van der Waals surface area contributed by atoms with E-state index in [2.05, 4.69) is 42.4 Å². The maximum atomic E-state index is 12.1. The first-order valence-corrected chi connectivity index (χ1v) is 13.4. The van der Waals surface area contributed by atoms with Crippen molar-refractivity contribution in [2.75, 3.05) is 29.9 Å². The van der Waals surface area contributed by atoms with Crippen molar-refractivity contribution in [1.29, 1.82) is 0 Å². The van der Waals surface area contributed by atoms with Gasteiger partial charge in [-0.3, -0.25) is 15.1 Å². The molecule has 1 aliphatic rings. The Morgan fingerprint density at radius 1 is 1.10 bits per heavy atom. The zero-order valence-electron chi connectivity index (χ0n) is 21.6. The topological polar surface area (TPSA) is 133 Å². The molecule has 1 saturated heterocycles. The molecule has 0 spiro atoms. The van der Waals surface area contributed by atoms with E-state index >= 15 is 0 Å². The molecule has 0 saturated carbocycles. The fourth-order valence-corrected chi connectivity index (χ4v) is 5.18. The van der Waals surface area contributed by atoms with Gasteiger partial charge in [0, 0.05) is 61.1 Å². The summed E-state index contributed by atoms with van der Waals surface area (Å²) in [5.41, 5.74) is 3.25. The van der Waals surface area contributed by atoms with Gasteiger partial charge in [-0.05, 0) is 56.5 Å². The highest BCUT2D eigenvalue weighted by atomic mass is 32.1. The summed E-state index contributed by atoms with van der Waals surface area (Å²) in [7, 11) is 0. The molecule has 10 nitrogen and oxygen atoms in total. The number of carboxylic acids is 1. The fraction of sp³-hybridized carbons (Fsp3) is 0.286. The van der Waals surface area contributed by atoms with Crippen LogP contribution in [0.3, 0.4) is 0 Å². The van der Waals surface area contributed by atoms with Crippen LogP contribution < -0.4 is 15.5 Å². The smallest absolute Gasteiger partial charge is 0.321 e. The van der Waals surface area contributed by atoms with Gasteiger partial charge in [-0.1, -0.05) is 23.2 Å². The van der Waals surface area contributed by atoms with Crippen molar-refractivity contribution >= 4 is 44.6 Å². The summed E-state index contributed by atoms with van der Waals surface area (Å²) in [6, 6.07) is 7.28. The van der Waals surface area contributed by atoms with Gasteiger partial charge < -0.3 is 15.3 Å². The number of aromatic nitrogens is 4. The number of carbonyl (C=O) groups is 2. The molecule has 3 N–H and O–H groups in total. The Morgan fingerprint density at radius 3 is 2.49 bits per heavy atom. The van der Waals surface area contributed by atoms with E-state index in [1.165, 1.54) is 11.3 Å². The number of nitrogens with one attached hydrogen (secondary N) is 2. The molecule has 1 aliphatic heterocycles. The number of pyridine rings is 1. The fourth-order valence-electron chi connectivity index (χ4n) is 4.27. The molecule has 1 aromatic carbocycles. The monoisotopic (exact) mass is 541 g/mol. The quantitative estimate of drug-likeness (QED) is 0.317. The van der Waals surface area contributed by atoms with Crippen molar-refractivity contribution in [3.8, 4) is 23.0 Å². The van der Waals surface area contributed by atoms with E-state index in [1.807, 2.05) is 36.1 Å². The second kappa shape index (κ2) is 11.0. The van der Waals surface area contributed by atoms with E-state index in [9.17, 15) is 14.7 Å². The summed E-state index contributed by atoms with van der Waals surface area (Å²) in [5, 5.41) is 15.5. The number of urea groups is 1. The predicted octanol–water partition coefficient (Wildman–Crippen LogP) is 4.38. The number of benzene rings is 1. The maximum Gasteiger partial charge on any atom is 0.321 e. The normalized spacial score (nSPS) is 14.4. The third-order valence-electron chi connectivity index (χ3n) is 6.71. The maximum absolute atomic E-state index is 12.1. The molecule has 11 heteroatoms. The minimum atomic E-state index is -0.761. The van der Waals surface area contributed by atoms with Crippen LogP contribution in [0.15, 0.2) is 49.1 Å². The third-order valence-corrected chi connectivity index (χ3v) is 7.73. The van der Waals surface area contributed by atoms with Crippen molar-refractivity contribution in [2.24, 2.45) is 5.41 Å². The van der Waals surface area contributed by atoms with Crippen molar-refractivity contribution in [3.63, 3.8) is 0 Å². The number of amides is 2. The number of piperidine rings is 1. The number of carbonyl (C=O) groups excluding carboxylic acids is 1. The lowest BCUT2D eigenvalue weighted by atomic mass is 9.80. The molecule has 0 bridgehead atoms. The van der Waals surface area contributed by atoms with Gasteiger partial charge in [0.25, 0.3) is 0 Å². The van der Waals surface area contributed by atoms with E-state index in [4.69, 9.17) is 0 Å². The van der Waals surface area contributed by atoms with Gasteiger partial charge in [-0.2, -0.15) is 0 Å². The van der Waals surface area contributed by atoms with Gasteiger partial charge in [0.1, 0.15) is 0 Å². The average Bonchev–Trinajstić information content (AvgIpc) is 3.35. The highest BCUT2D eigenvalue weighted by molar-refractivity contribution is 7.22. The van der Waals surface area contributed by atoms with Crippen molar-refractivity contribution < 1.29 is 14.7 Å².